The molecule has 1 aromatic carbocycles. The van der Waals surface area contributed by atoms with Crippen LogP contribution in [-0.4, -0.2) is 19.7 Å². The topological polar surface area (TPSA) is 12.5 Å². The third-order valence-electron chi connectivity index (χ3n) is 2.65. The van der Waals surface area contributed by atoms with Crippen LogP contribution in [0.4, 0.5) is 5.69 Å². The van der Waals surface area contributed by atoms with Gasteiger partial charge >= 0.3 is 0 Å². The van der Waals surface area contributed by atoms with E-state index in [-0.39, 0.29) is 0 Å². The molecule has 1 heterocycles. The van der Waals surface area contributed by atoms with Gasteiger partial charge < -0.3 is 9.64 Å². The van der Waals surface area contributed by atoms with E-state index in [4.69, 9.17) is 4.74 Å². The van der Waals surface area contributed by atoms with Crippen LogP contribution in [-0.2, 0) is 11.3 Å². The monoisotopic (exact) mass is 177 g/mol. The van der Waals surface area contributed by atoms with Crippen molar-refractivity contribution < 1.29 is 4.74 Å². The molecule has 70 valence electrons. The fourth-order valence-corrected chi connectivity index (χ4v) is 1.67. The molecule has 0 aromatic heterocycles. The number of para-hydroxylation sites is 1. The number of hydrogen-bond acceptors (Lipinski definition) is 2. The van der Waals surface area contributed by atoms with E-state index in [2.05, 4.69) is 43.1 Å². The summed E-state index contributed by atoms with van der Waals surface area (Å²) in [6, 6.07) is 8.88. The van der Waals surface area contributed by atoms with Gasteiger partial charge in [-0.3, -0.25) is 0 Å². The molecule has 0 fully saturated rings. The molecule has 0 amide bonds. The van der Waals surface area contributed by atoms with Crippen LogP contribution in [0.25, 0.3) is 0 Å². The Balaban J connectivity index is 2.40. The average molecular weight is 177 g/mol. The Bertz CT molecular complexity index is 298. The molecular weight excluding hydrogens is 162 g/mol. The second-order valence-corrected chi connectivity index (χ2v) is 3.60. The molecular formula is C11H15NO. The van der Waals surface area contributed by atoms with E-state index in [0.717, 1.165) is 13.2 Å². The number of hydrogen-bond donors (Lipinski definition) is 0. The predicted octanol–water partition coefficient (Wildman–Crippen LogP) is 2.04. The van der Waals surface area contributed by atoms with Crippen molar-refractivity contribution in [2.24, 2.45) is 0 Å². The quantitative estimate of drug-likeness (QED) is 0.601. The Kier molecular flexibility index (Phi) is 2.23. The third-order valence-corrected chi connectivity index (χ3v) is 2.65. The van der Waals surface area contributed by atoms with Crippen LogP contribution in [0, 0.1) is 0 Å². The maximum absolute atomic E-state index is 5.56. The second-order valence-electron chi connectivity index (χ2n) is 3.60. The summed E-state index contributed by atoms with van der Waals surface area (Å²) < 4.78 is 5.56. The van der Waals surface area contributed by atoms with Crippen molar-refractivity contribution in [1.82, 2.24) is 0 Å². The largest absolute Gasteiger partial charge is 0.375 e. The highest BCUT2D eigenvalue weighted by molar-refractivity contribution is 5.53. The lowest BCUT2D eigenvalue weighted by Gasteiger charge is -2.24. The first kappa shape index (κ1) is 8.57. The van der Waals surface area contributed by atoms with Crippen molar-refractivity contribution in [3.05, 3.63) is 29.8 Å². The summed E-state index contributed by atoms with van der Waals surface area (Å²) in [6.07, 6.45) is 0. The molecule has 2 nitrogen and oxygen atoms in total. The minimum atomic E-state index is 0.462. The number of ether oxygens (including phenoxy) is 1. The molecule has 0 saturated carbocycles. The van der Waals surface area contributed by atoms with Gasteiger partial charge in [-0.05, 0) is 13.0 Å². The van der Waals surface area contributed by atoms with Crippen molar-refractivity contribution in [3.8, 4) is 0 Å². The first-order valence-corrected chi connectivity index (χ1v) is 4.67. The van der Waals surface area contributed by atoms with Gasteiger partial charge in [0.1, 0.15) is 0 Å². The van der Waals surface area contributed by atoms with E-state index in [1.54, 1.807) is 0 Å². The van der Waals surface area contributed by atoms with Gasteiger partial charge in [-0.1, -0.05) is 18.2 Å². The van der Waals surface area contributed by atoms with E-state index >= 15 is 0 Å². The van der Waals surface area contributed by atoms with Crippen molar-refractivity contribution in [2.45, 2.75) is 19.6 Å². The number of nitrogens with zero attached hydrogens (tertiary/aromatic N) is 1. The molecule has 1 aliphatic rings. The number of fused-ring (bicyclic) bond motifs is 1. The molecule has 2 heteroatoms. The molecule has 0 bridgehead atoms. The van der Waals surface area contributed by atoms with Gasteiger partial charge in [-0.2, -0.15) is 0 Å². The van der Waals surface area contributed by atoms with E-state index < -0.39 is 0 Å². The molecule has 1 aliphatic heterocycles. The number of benzene rings is 1. The zero-order valence-corrected chi connectivity index (χ0v) is 8.16. The maximum atomic E-state index is 5.56. The van der Waals surface area contributed by atoms with Crippen LogP contribution in [0.2, 0.25) is 0 Å². The Hall–Kier alpha value is -1.02. The van der Waals surface area contributed by atoms with Crippen LogP contribution in [0.1, 0.15) is 12.5 Å². The summed E-state index contributed by atoms with van der Waals surface area (Å²) in [7, 11) is 2.12. The average Bonchev–Trinajstić information content (AvgIpc) is 2.29. The Morgan fingerprint density at radius 3 is 3.00 bits per heavy atom. The van der Waals surface area contributed by atoms with Crippen LogP contribution in [0.15, 0.2) is 24.3 Å². The highest BCUT2D eigenvalue weighted by Crippen LogP contribution is 2.24. The predicted molar refractivity (Wildman–Crippen MR) is 54.0 cm³/mol. The minimum absolute atomic E-state index is 0.462. The standard InChI is InChI=1S/C11H15NO/c1-9-7-13-8-10-5-3-4-6-11(10)12(9)2/h3-6,9H,7-8H2,1-2H3. The fraction of sp³-hybridized carbons (Fsp3) is 0.455. The Labute approximate surface area is 79.1 Å². The van der Waals surface area contributed by atoms with Gasteiger partial charge in [0.2, 0.25) is 0 Å². The van der Waals surface area contributed by atoms with Gasteiger partial charge in [0.05, 0.1) is 13.2 Å². The van der Waals surface area contributed by atoms with E-state index in [1.807, 2.05) is 0 Å². The zero-order chi connectivity index (χ0) is 9.26. The molecule has 1 unspecified atom stereocenters. The highest BCUT2D eigenvalue weighted by atomic mass is 16.5. The van der Waals surface area contributed by atoms with Crippen LogP contribution < -0.4 is 4.90 Å². The second kappa shape index (κ2) is 3.38. The number of anilines is 1. The molecule has 0 aliphatic carbocycles. The lowest BCUT2D eigenvalue weighted by Crippen LogP contribution is -2.31. The summed E-state index contributed by atoms with van der Waals surface area (Å²) in [4.78, 5) is 2.28. The molecule has 0 N–H and O–H groups in total. The molecule has 2 rings (SSSR count). The first-order valence-electron chi connectivity index (χ1n) is 4.67. The summed E-state index contributed by atoms with van der Waals surface area (Å²) >= 11 is 0. The summed E-state index contributed by atoms with van der Waals surface area (Å²) in [6.45, 7) is 3.73. The smallest absolute Gasteiger partial charge is 0.0738 e. The Morgan fingerprint density at radius 2 is 2.15 bits per heavy atom. The van der Waals surface area contributed by atoms with Gasteiger partial charge in [-0.25, -0.2) is 0 Å². The van der Waals surface area contributed by atoms with Crippen molar-refractivity contribution in [2.75, 3.05) is 18.6 Å². The molecule has 1 atom stereocenters. The van der Waals surface area contributed by atoms with Gasteiger partial charge in [0, 0.05) is 24.3 Å². The molecule has 13 heavy (non-hydrogen) atoms. The molecule has 0 radical (unpaired) electrons. The zero-order valence-electron chi connectivity index (χ0n) is 8.16. The Morgan fingerprint density at radius 1 is 1.38 bits per heavy atom. The third kappa shape index (κ3) is 1.54. The van der Waals surface area contributed by atoms with Gasteiger partial charge in [0.15, 0.2) is 0 Å². The summed E-state index contributed by atoms with van der Waals surface area (Å²) in [5.74, 6) is 0. The minimum Gasteiger partial charge on any atom is -0.375 e. The van der Waals surface area contributed by atoms with Crippen molar-refractivity contribution >= 4 is 5.69 Å². The van der Waals surface area contributed by atoms with Crippen molar-refractivity contribution in [1.29, 1.82) is 0 Å². The highest BCUT2D eigenvalue weighted by Gasteiger charge is 2.16. The van der Waals surface area contributed by atoms with E-state index in [1.165, 1.54) is 11.3 Å². The van der Waals surface area contributed by atoms with Crippen LogP contribution >= 0.6 is 0 Å². The normalized spacial score (nSPS) is 22.3. The van der Waals surface area contributed by atoms with Crippen LogP contribution in [0.5, 0.6) is 0 Å². The molecule has 1 aromatic rings. The van der Waals surface area contributed by atoms with E-state index in [0.29, 0.717) is 6.04 Å². The van der Waals surface area contributed by atoms with Crippen molar-refractivity contribution in [3.63, 3.8) is 0 Å². The number of rotatable bonds is 0. The van der Waals surface area contributed by atoms with Crippen LogP contribution in [0.3, 0.4) is 0 Å². The summed E-state index contributed by atoms with van der Waals surface area (Å²) in [5, 5.41) is 0. The lowest BCUT2D eigenvalue weighted by molar-refractivity contribution is 0.116. The first-order chi connectivity index (χ1) is 6.29. The fourth-order valence-electron chi connectivity index (χ4n) is 1.67. The van der Waals surface area contributed by atoms with Gasteiger partial charge in [0.25, 0.3) is 0 Å². The SMILES string of the molecule is CC1COCc2ccccc2N1C. The lowest BCUT2D eigenvalue weighted by atomic mass is 10.1. The summed E-state index contributed by atoms with van der Waals surface area (Å²) in [5.41, 5.74) is 2.59. The maximum Gasteiger partial charge on any atom is 0.0738 e. The number of likely N-dealkylation sites (N-methyl/N-ethyl adjacent to an activating group) is 1. The van der Waals surface area contributed by atoms with E-state index in [9.17, 15) is 0 Å². The van der Waals surface area contributed by atoms with Gasteiger partial charge in [-0.15, -0.1) is 0 Å². The molecule has 0 spiro atoms. The molecule has 0 saturated heterocycles.